The Bertz CT molecular complexity index is 528. The Morgan fingerprint density at radius 1 is 1.11 bits per heavy atom. The molecule has 0 spiro atoms. The van der Waals surface area contributed by atoms with Crippen LogP contribution in [0.2, 0.25) is 0 Å². The molecule has 2 aromatic rings. The van der Waals surface area contributed by atoms with Gasteiger partial charge in [-0.05, 0) is 49.1 Å². The van der Waals surface area contributed by atoms with E-state index in [1.54, 1.807) is 0 Å². The lowest BCUT2D eigenvalue weighted by Gasteiger charge is -2.07. The van der Waals surface area contributed by atoms with E-state index in [2.05, 4.69) is 51.1 Å². The molecule has 1 heterocycles. The average Bonchev–Trinajstić information content (AvgIpc) is 2.82. The first-order valence-corrected chi connectivity index (χ1v) is 7.36. The molecular weight excluding hydrogens is 238 g/mol. The number of nitrogens with two attached hydrogens (primary N) is 1. The van der Waals surface area contributed by atoms with E-state index in [4.69, 9.17) is 5.73 Å². The van der Waals surface area contributed by atoms with Crippen LogP contribution in [0.25, 0.3) is 10.4 Å². The van der Waals surface area contributed by atoms with E-state index in [0.29, 0.717) is 0 Å². The van der Waals surface area contributed by atoms with Gasteiger partial charge in [-0.2, -0.15) is 0 Å². The molecule has 0 amide bonds. The van der Waals surface area contributed by atoms with Gasteiger partial charge >= 0.3 is 0 Å². The first-order valence-electron chi connectivity index (χ1n) is 6.54. The summed E-state index contributed by atoms with van der Waals surface area (Å²) in [6.07, 6.45) is 2.20. The lowest BCUT2D eigenvalue weighted by Crippen LogP contribution is -2.07. The monoisotopic (exact) mass is 259 g/mol. The Morgan fingerprint density at radius 3 is 2.56 bits per heavy atom. The maximum absolute atomic E-state index is 6.16. The Morgan fingerprint density at radius 2 is 1.89 bits per heavy atom. The third-order valence-electron chi connectivity index (χ3n) is 3.38. The first kappa shape index (κ1) is 13.3. The summed E-state index contributed by atoms with van der Waals surface area (Å²) >= 11 is 1.82. The van der Waals surface area contributed by atoms with Gasteiger partial charge in [-0.1, -0.05) is 31.5 Å². The number of aryl methyl sites for hydroxylation is 2. The summed E-state index contributed by atoms with van der Waals surface area (Å²) in [6.45, 7) is 6.49. The summed E-state index contributed by atoms with van der Waals surface area (Å²) in [5.41, 5.74) is 10.2. The fourth-order valence-corrected chi connectivity index (χ4v) is 3.10. The molecule has 1 aromatic carbocycles. The van der Waals surface area contributed by atoms with Gasteiger partial charge in [0.1, 0.15) is 0 Å². The molecule has 0 aliphatic heterocycles. The highest BCUT2D eigenvalue weighted by Gasteiger charge is 2.09. The zero-order valence-electron chi connectivity index (χ0n) is 11.4. The van der Waals surface area contributed by atoms with Gasteiger partial charge in [0, 0.05) is 15.8 Å². The van der Waals surface area contributed by atoms with Crippen molar-refractivity contribution in [1.29, 1.82) is 0 Å². The van der Waals surface area contributed by atoms with Crippen LogP contribution in [0.4, 0.5) is 0 Å². The second-order valence-electron chi connectivity index (χ2n) is 4.90. The number of hydrogen-bond donors (Lipinski definition) is 1. The highest BCUT2D eigenvalue weighted by atomic mass is 32.1. The number of hydrogen-bond acceptors (Lipinski definition) is 2. The van der Waals surface area contributed by atoms with Crippen molar-refractivity contribution in [1.82, 2.24) is 0 Å². The maximum atomic E-state index is 6.16. The van der Waals surface area contributed by atoms with E-state index in [9.17, 15) is 0 Å². The van der Waals surface area contributed by atoms with Crippen molar-refractivity contribution in [2.75, 3.05) is 0 Å². The molecule has 0 bridgehead atoms. The summed E-state index contributed by atoms with van der Waals surface area (Å²) in [5, 5.41) is 0. The van der Waals surface area contributed by atoms with Crippen molar-refractivity contribution in [2.24, 2.45) is 5.73 Å². The Kier molecular flexibility index (Phi) is 4.20. The van der Waals surface area contributed by atoms with E-state index in [1.165, 1.54) is 26.4 Å². The predicted octanol–water partition coefficient (Wildman–Crippen LogP) is 4.83. The van der Waals surface area contributed by atoms with Crippen LogP contribution in [0, 0.1) is 13.8 Å². The molecule has 2 N–H and O–H groups in total. The zero-order chi connectivity index (χ0) is 13.1. The van der Waals surface area contributed by atoms with Gasteiger partial charge in [-0.15, -0.1) is 11.3 Å². The van der Waals surface area contributed by atoms with Crippen molar-refractivity contribution < 1.29 is 0 Å². The topological polar surface area (TPSA) is 26.0 Å². The van der Waals surface area contributed by atoms with Gasteiger partial charge < -0.3 is 5.73 Å². The van der Waals surface area contributed by atoms with Crippen LogP contribution >= 0.6 is 11.3 Å². The molecule has 0 fully saturated rings. The number of benzene rings is 1. The van der Waals surface area contributed by atoms with Gasteiger partial charge in [-0.3, -0.25) is 0 Å². The summed E-state index contributed by atoms with van der Waals surface area (Å²) in [6, 6.07) is 11.2. The van der Waals surface area contributed by atoms with Crippen LogP contribution in [0.15, 0.2) is 30.3 Å². The third-order valence-corrected chi connectivity index (χ3v) is 4.65. The summed E-state index contributed by atoms with van der Waals surface area (Å²) in [7, 11) is 0. The lowest BCUT2D eigenvalue weighted by atomic mass is 10.1. The average molecular weight is 259 g/mol. The van der Waals surface area contributed by atoms with Gasteiger partial charge in [-0.25, -0.2) is 0 Å². The lowest BCUT2D eigenvalue weighted by molar-refractivity contribution is 0.648. The Labute approximate surface area is 114 Å². The number of rotatable bonds is 4. The minimum absolute atomic E-state index is 0.195. The fourth-order valence-electron chi connectivity index (χ4n) is 2.06. The standard InChI is InChI=1S/C16H21NS/c1-4-5-14(17)16-9-8-15(18-16)13-7-6-11(2)12(3)10-13/h6-10,14H,4-5,17H2,1-3H3. The molecule has 0 saturated heterocycles. The normalized spacial score (nSPS) is 12.7. The highest BCUT2D eigenvalue weighted by molar-refractivity contribution is 7.15. The van der Waals surface area contributed by atoms with E-state index < -0.39 is 0 Å². The summed E-state index contributed by atoms with van der Waals surface area (Å²) in [4.78, 5) is 2.62. The van der Waals surface area contributed by atoms with Crippen molar-refractivity contribution in [3.63, 3.8) is 0 Å². The van der Waals surface area contributed by atoms with Gasteiger partial charge in [0.05, 0.1) is 0 Å². The van der Waals surface area contributed by atoms with Crippen LogP contribution in [-0.2, 0) is 0 Å². The van der Waals surface area contributed by atoms with Gasteiger partial charge in [0.25, 0.3) is 0 Å². The molecule has 2 rings (SSSR count). The molecule has 1 unspecified atom stereocenters. The molecule has 18 heavy (non-hydrogen) atoms. The second kappa shape index (κ2) is 5.68. The van der Waals surface area contributed by atoms with E-state index in [-0.39, 0.29) is 6.04 Å². The molecule has 0 radical (unpaired) electrons. The van der Waals surface area contributed by atoms with E-state index in [1.807, 2.05) is 11.3 Å². The van der Waals surface area contributed by atoms with Crippen LogP contribution in [-0.4, -0.2) is 0 Å². The summed E-state index contributed by atoms with van der Waals surface area (Å²) < 4.78 is 0. The van der Waals surface area contributed by atoms with Gasteiger partial charge in [0.15, 0.2) is 0 Å². The van der Waals surface area contributed by atoms with Crippen molar-refractivity contribution in [3.8, 4) is 10.4 Å². The molecule has 1 aromatic heterocycles. The molecular formula is C16H21NS. The highest BCUT2D eigenvalue weighted by Crippen LogP contribution is 2.32. The SMILES string of the molecule is CCCC(N)c1ccc(-c2ccc(C)c(C)c2)s1. The molecule has 0 aliphatic rings. The zero-order valence-corrected chi connectivity index (χ0v) is 12.2. The Hall–Kier alpha value is -1.12. The van der Waals surface area contributed by atoms with Crippen LogP contribution in [0.1, 0.15) is 41.8 Å². The van der Waals surface area contributed by atoms with Crippen LogP contribution in [0.5, 0.6) is 0 Å². The van der Waals surface area contributed by atoms with E-state index >= 15 is 0 Å². The van der Waals surface area contributed by atoms with Gasteiger partial charge in [0.2, 0.25) is 0 Å². The molecule has 1 nitrogen and oxygen atoms in total. The fraction of sp³-hybridized carbons (Fsp3) is 0.375. The quantitative estimate of drug-likeness (QED) is 0.836. The van der Waals surface area contributed by atoms with Crippen molar-refractivity contribution in [3.05, 3.63) is 46.3 Å². The first-order chi connectivity index (χ1) is 8.61. The molecule has 0 saturated carbocycles. The molecule has 96 valence electrons. The minimum Gasteiger partial charge on any atom is -0.323 e. The molecule has 1 atom stereocenters. The molecule has 2 heteroatoms. The van der Waals surface area contributed by atoms with Crippen LogP contribution < -0.4 is 5.73 Å². The molecule has 0 aliphatic carbocycles. The second-order valence-corrected chi connectivity index (χ2v) is 6.01. The largest absolute Gasteiger partial charge is 0.323 e. The smallest absolute Gasteiger partial charge is 0.0389 e. The Balaban J connectivity index is 2.26. The maximum Gasteiger partial charge on any atom is 0.0389 e. The van der Waals surface area contributed by atoms with E-state index in [0.717, 1.165) is 12.8 Å². The summed E-state index contributed by atoms with van der Waals surface area (Å²) in [5.74, 6) is 0. The van der Waals surface area contributed by atoms with Crippen molar-refractivity contribution in [2.45, 2.75) is 39.7 Å². The predicted molar refractivity (Wildman–Crippen MR) is 81.1 cm³/mol. The third kappa shape index (κ3) is 2.82. The number of thiophene rings is 1. The van der Waals surface area contributed by atoms with Crippen LogP contribution in [0.3, 0.4) is 0 Å². The minimum atomic E-state index is 0.195. The van der Waals surface area contributed by atoms with Crippen molar-refractivity contribution >= 4 is 11.3 Å².